The number of nitrogens with zero attached hydrogens (tertiary/aromatic N) is 1. The molecule has 0 aromatic carbocycles. The fraction of sp³-hybridized carbons (Fsp3) is 0.538. The van der Waals surface area contributed by atoms with Crippen molar-refractivity contribution in [2.75, 3.05) is 5.32 Å². The lowest BCUT2D eigenvalue weighted by molar-refractivity contribution is -0.116. The molecule has 0 spiro atoms. The zero-order valence-corrected chi connectivity index (χ0v) is 11.1. The number of allylic oxidation sites excluding steroid dienone is 2. The van der Waals surface area contributed by atoms with E-state index >= 15 is 0 Å². The van der Waals surface area contributed by atoms with Crippen molar-refractivity contribution in [2.24, 2.45) is 5.92 Å². The van der Waals surface area contributed by atoms with Crippen LogP contribution < -0.4 is 5.32 Å². The van der Waals surface area contributed by atoms with E-state index in [9.17, 15) is 4.79 Å². The van der Waals surface area contributed by atoms with Gasteiger partial charge in [0.05, 0.1) is 5.69 Å². The minimum absolute atomic E-state index is 0.0752. The third kappa shape index (κ3) is 3.40. The molecule has 0 radical (unpaired) electrons. The smallest absolute Gasteiger partial charge is 0.226 e. The summed E-state index contributed by atoms with van der Waals surface area (Å²) in [6, 6.07) is 0. The van der Waals surface area contributed by atoms with Gasteiger partial charge < -0.3 is 5.32 Å². The molecule has 0 bridgehead atoms. The molecular weight excluding hydrogens is 232 g/mol. The van der Waals surface area contributed by atoms with Crippen LogP contribution in [0.15, 0.2) is 17.5 Å². The first-order chi connectivity index (χ1) is 8.15. The SMILES string of the molecule is CC(C)c1csc(NC(=O)CC2C=CCC2)n1. The fourth-order valence-corrected chi connectivity index (χ4v) is 2.77. The van der Waals surface area contributed by atoms with Gasteiger partial charge in [-0.05, 0) is 24.7 Å². The monoisotopic (exact) mass is 250 g/mol. The van der Waals surface area contributed by atoms with Gasteiger partial charge in [0.15, 0.2) is 5.13 Å². The number of thiazole rings is 1. The molecule has 0 fully saturated rings. The summed E-state index contributed by atoms with van der Waals surface area (Å²) in [5, 5.41) is 5.61. The van der Waals surface area contributed by atoms with Crippen LogP contribution in [0.1, 0.15) is 44.7 Å². The minimum Gasteiger partial charge on any atom is -0.302 e. The molecular formula is C13H18N2OS. The standard InChI is InChI=1S/C13H18N2OS/c1-9(2)11-8-17-13(14-11)15-12(16)7-10-5-3-4-6-10/h3,5,8-10H,4,6-7H2,1-2H3,(H,14,15,16). The van der Waals surface area contributed by atoms with E-state index < -0.39 is 0 Å². The molecule has 0 saturated heterocycles. The molecule has 92 valence electrons. The summed E-state index contributed by atoms with van der Waals surface area (Å²) in [7, 11) is 0. The molecule has 1 amide bonds. The van der Waals surface area contributed by atoms with Crippen LogP contribution in [0.25, 0.3) is 0 Å². The Morgan fingerprint density at radius 3 is 3.06 bits per heavy atom. The van der Waals surface area contributed by atoms with Gasteiger partial charge in [-0.1, -0.05) is 26.0 Å². The third-order valence-corrected chi connectivity index (χ3v) is 3.70. The Morgan fingerprint density at radius 2 is 2.47 bits per heavy atom. The minimum atomic E-state index is 0.0752. The average molecular weight is 250 g/mol. The lowest BCUT2D eigenvalue weighted by Crippen LogP contribution is -2.14. The molecule has 1 heterocycles. The number of rotatable bonds is 4. The number of nitrogens with one attached hydrogen (secondary N) is 1. The van der Waals surface area contributed by atoms with E-state index in [-0.39, 0.29) is 5.91 Å². The van der Waals surface area contributed by atoms with Gasteiger partial charge in [-0.25, -0.2) is 4.98 Å². The lowest BCUT2D eigenvalue weighted by atomic mass is 10.1. The molecule has 0 saturated carbocycles. The second kappa shape index (κ2) is 5.45. The topological polar surface area (TPSA) is 42.0 Å². The molecule has 4 heteroatoms. The maximum Gasteiger partial charge on any atom is 0.226 e. The quantitative estimate of drug-likeness (QED) is 0.830. The van der Waals surface area contributed by atoms with E-state index in [2.05, 4.69) is 36.3 Å². The van der Waals surface area contributed by atoms with Gasteiger partial charge in [0.1, 0.15) is 0 Å². The molecule has 3 nitrogen and oxygen atoms in total. The van der Waals surface area contributed by atoms with Crippen LogP contribution in [-0.4, -0.2) is 10.9 Å². The Kier molecular flexibility index (Phi) is 3.94. The second-order valence-electron chi connectivity index (χ2n) is 4.75. The number of anilines is 1. The molecule has 17 heavy (non-hydrogen) atoms. The predicted octanol–water partition coefficient (Wildman–Crippen LogP) is 3.56. The molecule has 1 aromatic rings. The first-order valence-corrected chi connectivity index (χ1v) is 6.95. The van der Waals surface area contributed by atoms with E-state index in [1.165, 1.54) is 11.3 Å². The van der Waals surface area contributed by atoms with Crippen molar-refractivity contribution in [1.82, 2.24) is 4.98 Å². The Balaban J connectivity index is 1.86. The summed E-state index contributed by atoms with van der Waals surface area (Å²) in [6.45, 7) is 4.20. The molecule has 1 aliphatic rings. The maximum atomic E-state index is 11.8. The Labute approximate surface area is 106 Å². The number of hydrogen-bond donors (Lipinski definition) is 1. The van der Waals surface area contributed by atoms with Crippen LogP contribution in [0.5, 0.6) is 0 Å². The van der Waals surface area contributed by atoms with Gasteiger partial charge in [0.2, 0.25) is 5.91 Å². The number of carbonyl (C=O) groups excluding carboxylic acids is 1. The van der Waals surface area contributed by atoms with E-state index in [0.29, 0.717) is 18.3 Å². The van der Waals surface area contributed by atoms with Crippen molar-refractivity contribution in [3.8, 4) is 0 Å². The molecule has 1 aliphatic carbocycles. The Bertz CT molecular complexity index is 423. The van der Waals surface area contributed by atoms with Gasteiger partial charge in [-0.3, -0.25) is 4.79 Å². The van der Waals surface area contributed by atoms with Crippen molar-refractivity contribution in [2.45, 2.75) is 39.0 Å². The van der Waals surface area contributed by atoms with Gasteiger partial charge in [-0.2, -0.15) is 0 Å². The molecule has 0 aliphatic heterocycles. The lowest BCUT2D eigenvalue weighted by Gasteiger charge is -2.06. The van der Waals surface area contributed by atoms with Crippen molar-refractivity contribution >= 4 is 22.4 Å². The highest BCUT2D eigenvalue weighted by Crippen LogP contribution is 2.23. The van der Waals surface area contributed by atoms with E-state index in [0.717, 1.165) is 23.7 Å². The Morgan fingerprint density at radius 1 is 1.65 bits per heavy atom. The first-order valence-electron chi connectivity index (χ1n) is 6.07. The van der Waals surface area contributed by atoms with Crippen LogP contribution in [0.4, 0.5) is 5.13 Å². The van der Waals surface area contributed by atoms with Gasteiger partial charge >= 0.3 is 0 Å². The van der Waals surface area contributed by atoms with Crippen LogP contribution in [0, 0.1) is 5.92 Å². The summed E-state index contributed by atoms with van der Waals surface area (Å²) in [5.74, 6) is 0.903. The van der Waals surface area contributed by atoms with Crippen molar-refractivity contribution in [1.29, 1.82) is 0 Å². The summed E-state index contributed by atoms with van der Waals surface area (Å²) in [6.07, 6.45) is 7.07. The predicted molar refractivity (Wildman–Crippen MR) is 71.3 cm³/mol. The normalized spacial score (nSPS) is 18.9. The summed E-state index contributed by atoms with van der Waals surface area (Å²) in [4.78, 5) is 16.2. The van der Waals surface area contributed by atoms with Crippen LogP contribution >= 0.6 is 11.3 Å². The Hall–Kier alpha value is -1.16. The van der Waals surface area contributed by atoms with Crippen molar-refractivity contribution in [3.63, 3.8) is 0 Å². The molecule has 1 aromatic heterocycles. The molecule has 2 rings (SSSR count). The van der Waals surface area contributed by atoms with Crippen LogP contribution in [0.2, 0.25) is 0 Å². The van der Waals surface area contributed by atoms with E-state index in [1.807, 2.05) is 5.38 Å². The highest BCUT2D eigenvalue weighted by molar-refractivity contribution is 7.13. The second-order valence-corrected chi connectivity index (χ2v) is 5.61. The largest absolute Gasteiger partial charge is 0.302 e. The molecule has 1 N–H and O–H groups in total. The zero-order valence-electron chi connectivity index (χ0n) is 10.3. The van der Waals surface area contributed by atoms with E-state index in [1.54, 1.807) is 0 Å². The van der Waals surface area contributed by atoms with Gasteiger partial charge in [0.25, 0.3) is 0 Å². The number of amides is 1. The third-order valence-electron chi connectivity index (χ3n) is 2.92. The molecule has 1 unspecified atom stereocenters. The highest BCUT2D eigenvalue weighted by Gasteiger charge is 2.15. The maximum absolute atomic E-state index is 11.8. The summed E-state index contributed by atoms with van der Waals surface area (Å²) >= 11 is 1.50. The van der Waals surface area contributed by atoms with Crippen LogP contribution in [0.3, 0.4) is 0 Å². The van der Waals surface area contributed by atoms with Crippen molar-refractivity contribution in [3.05, 3.63) is 23.2 Å². The molecule has 1 atom stereocenters. The number of aromatic nitrogens is 1. The van der Waals surface area contributed by atoms with E-state index in [4.69, 9.17) is 0 Å². The average Bonchev–Trinajstić information content (AvgIpc) is 2.88. The van der Waals surface area contributed by atoms with Crippen molar-refractivity contribution < 1.29 is 4.79 Å². The van der Waals surface area contributed by atoms with Gasteiger partial charge in [-0.15, -0.1) is 11.3 Å². The number of hydrogen-bond acceptors (Lipinski definition) is 3. The zero-order chi connectivity index (χ0) is 12.3. The van der Waals surface area contributed by atoms with Gasteiger partial charge in [0, 0.05) is 11.8 Å². The number of carbonyl (C=O) groups is 1. The fourth-order valence-electron chi connectivity index (χ4n) is 1.88. The first kappa shape index (κ1) is 12.3. The summed E-state index contributed by atoms with van der Waals surface area (Å²) < 4.78 is 0. The van der Waals surface area contributed by atoms with Crippen LogP contribution in [-0.2, 0) is 4.79 Å². The highest BCUT2D eigenvalue weighted by atomic mass is 32.1. The summed E-state index contributed by atoms with van der Waals surface area (Å²) in [5.41, 5.74) is 1.05.